The molecule has 38 heavy (non-hydrogen) atoms. The maximum absolute atomic E-state index is 2.42. The van der Waals surface area contributed by atoms with Gasteiger partial charge in [0.1, 0.15) is 0 Å². The Morgan fingerprint density at radius 3 is 1.92 bits per heavy atom. The van der Waals surface area contributed by atoms with E-state index < -0.39 is 0 Å². The average molecular weight is 502 g/mol. The van der Waals surface area contributed by atoms with Crippen molar-refractivity contribution in [1.82, 2.24) is 0 Å². The molecule has 0 saturated carbocycles. The van der Waals surface area contributed by atoms with E-state index in [9.17, 15) is 0 Å². The van der Waals surface area contributed by atoms with Gasteiger partial charge in [-0.2, -0.15) is 0 Å². The van der Waals surface area contributed by atoms with E-state index in [4.69, 9.17) is 0 Å². The van der Waals surface area contributed by atoms with Crippen LogP contribution in [0.1, 0.15) is 0 Å². The number of nitrogens with zero attached hydrogens (tertiary/aromatic N) is 1. The summed E-state index contributed by atoms with van der Waals surface area (Å²) in [6.07, 6.45) is 0. The summed E-state index contributed by atoms with van der Waals surface area (Å²) in [5.74, 6) is 0. The molecule has 0 aliphatic rings. The van der Waals surface area contributed by atoms with Gasteiger partial charge in [-0.15, -0.1) is 11.3 Å². The van der Waals surface area contributed by atoms with Crippen molar-refractivity contribution in [3.63, 3.8) is 0 Å². The largest absolute Gasteiger partial charge is 0.310 e. The lowest BCUT2D eigenvalue weighted by molar-refractivity contribution is 1.31. The predicted molar refractivity (Wildman–Crippen MR) is 167 cm³/mol. The molecule has 0 radical (unpaired) electrons. The molecule has 0 N–H and O–H groups in total. The molecule has 7 aromatic carbocycles. The molecular weight excluding hydrogens is 478 g/mol. The molecule has 0 saturated heterocycles. The zero-order valence-electron chi connectivity index (χ0n) is 20.6. The maximum Gasteiger partial charge on any atom is 0.0554 e. The van der Waals surface area contributed by atoms with E-state index in [1.807, 2.05) is 11.3 Å². The molecule has 0 spiro atoms. The van der Waals surface area contributed by atoms with Crippen molar-refractivity contribution in [3.8, 4) is 0 Å². The highest BCUT2D eigenvalue weighted by molar-refractivity contribution is 7.26. The van der Waals surface area contributed by atoms with Crippen molar-refractivity contribution in [1.29, 1.82) is 0 Å². The molecule has 8 rings (SSSR count). The van der Waals surface area contributed by atoms with Gasteiger partial charge in [-0.25, -0.2) is 0 Å². The van der Waals surface area contributed by atoms with E-state index >= 15 is 0 Å². The smallest absolute Gasteiger partial charge is 0.0554 e. The standard InChI is InChI=1S/C36H23NS/c1-2-10-26(11-3-1)37(33-14-8-16-35-36(33)31-13-6-7-15-34(31)38-35)27-20-17-25-19-21-29-28-12-5-4-9-24(28)18-22-30(29)32(25)23-27/h1-23H. The van der Waals surface area contributed by atoms with Crippen LogP contribution in [0.25, 0.3) is 52.5 Å². The first kappa shape index (κ1) is 21.4. The zero-order chi connectivity index (χ0) is 25.1. The second kappa shape index (κ2) is 8.44. The Morgan fingerprint density at radius 1 is 0.395 bits per heavy atom. The number of thiophene rings is 1. The van der Waals surface area contributed by atoms with Crippen molar-refractivity contribution >= 4 is 80.9 Å². The Balaban J connectivity index is 1.44. The lowest BCUT2D eigenvalue weighted by Crippen LogP contribution is -2.10. The van der Waals surface area contributed by atoms with Gasteiger partial charge in [0.15, 0.2) is 0 Å². The Morgan fingerprint density at radius 2 is 1.05 bits per heavy atom. The van der Waals surface area contributed by atoms with Gasteiger partial charge in [0.05, 0.1) is 5.69 Å². The number of hydrogen-bond acceptors (Lipinski definition) is 2. The summed E-state index contributed by atoms with van der Waals surface area (Å²) in [6.45, 7) is 0. The summed E-state index contributed by atoms with van der Waals surface area (Å²) in [7, 11) is 0. The van der Waals surface area contributed by atoms with Gasteiger partial charge in [-0.3, -0.25) is 0 Å². The average Bonchev–Trinajstić information content (AvgIpc) is 3.37. The summed E-state index contributed by atoms with van der Waals surface area (Å²) < 4.78 is 2.63. The van der Waals surface area contributed by atoms with Gasteiger partial charge in [0.2, 0.25) is 0 Å². The van der Waals surface area contributed by atoms with Crippen molar-refractivity contribution in [2.45, 2.75) is 0 Å². The quantitative estimate of drug-likeness (QED) is 0.218. The summed E-state index contributed by atoms with van der Waals surface area (Å²) in [4.78, 5) is 2.42. The second-order valence-corrected chi connectivity index (χ2v) is 10.9. The monoisotopic (exact) mass is 501 g/mol. The van der Waals surface area contributed by atoms with Crippen LogP contribution in [0, 0.1) is 0 Å². The minimum atomic E-state index is 1.15. The normalized spacial score (nSPS) is 11.7. The first-order valence-corrected chi connectivity index (χ1v) is 13.8. The Labute approximate surface area is 224 Å². The van der Waals surface area contributed by atoms with Gasteiger partial charge in [0, 0.05) is 31.5 Å². The highest BCUT2D eigenvalue weighted by atomic mass is 32.1. The summed E-state index contributed by atoms with van der Waals surface area (Å²) in [5.41, 5.74) is 3.52. The summed E-state index contributed by atoms with van der Waals surface area (Å²) in [6, 6.07) is 50.8. The highest BCUT2D eigenvalue weighted by Crippen LogP contribution is 2.45. The highest BCUT2D eigenvalue weighted by Gasteiger charge is 2.18. The van der Waals surface area contributed by atoms with Gasteiger partial charge >= 0.3 is 0 Å². The van der Waals surface area contributed by atoms with Crippen LogP contribution in [0.15, 0.2) is 140 Å². The van der Waals surface area contributed by atoms with Gasteiger partial charge in [0.25, 0.3) is 0 Å². The van der Waals surface area contributed by atoms with Crippen molar-refractivity contribution < 1.29 is 0 Å². The van der Waals surface area contributed by atoms with Crippen LogP contribution in [0.3, 0.4) is 0 Å². The minimum Gasteiger partial charge on any atom is -0.310 e. The molecule has 0 bridgehead atoms. The summed E-state index contributed by atoms with van der Waals surface area (Å²) >= 11 is 1.86. The number of rotatable bonds is 3. The molecule has 1 aromatic heterocycles. The number of hydrogen-bond donors (Lipinski definition) is 0. The molecule has 1 heterocycles. The molecule has 1 nitrogen and oxygen atoms in total. The minimum absolute atomic E-state index is 1.15. The van der Waals surface area contributed by atoms with Gasteiger partial charge < -0.3 is 4.90 Å². The lowest BCUT2D eigenvalue weighted by atomic mass is 9.96. The fourth-order valence-corrected chi connectivity index (χ4v) is 7.02. The molecule has 0 atom stereocenters. The van der Waals surface area contributed by atoms with Crippen molar-refractivity contribution in [2.24, 2.45) is 0 Å². The van der Waals surface area contributed by atoms with Crippen LogP contribution >= 0.6 is 11.3 Å². The molecule has 0 aliphatic heterocycles. The topological polar surface area (TPSA) is 3.24 Å². The van der Waals surface area contributed by atoms with E-state index in [1.165, 1.54) is 58.2 Å². The van der Waals surface area contributed by atoms with Crippen LogP contribution in [0.4, 0.5) is 17.1 Å². The lowest BCUT2D eigenvalue weighted by Gasteiger charge is -2.27. The third kappa shape index (κ3) is 3.24. The van der Waals surface area contributed by atoms with Gasteiger partial charge in [-0.1, -0.05) is 97.1 Å². The van der Waals surface area contributed by atoms with Gasteiger partial charge in [-0.05, 0) is 74.8 Å². The molecule has 0 fully saturated rings. The molecule has 0 amide bonds. The van der Waals surface area contributed by atoms with Crippen molar-refractivity contribution in [2.75, 3.05) is 4.90 Å². The molecule has 0 unspecified atom stereocenters. The van der Waals surface area contributed by atoms with E-state index in [2.05, 4.69) is 144 Å². The van der Waals surface area contributed by atoms with E-state index in [-0.39, 0.29) is 0 Å². The number of fused-ring (bicyclic) bond motifs is 8. The SMILES string of the molecule is c1ccc(N(c2ccc3ccc4c5ccccc5ccc4c3c2)c2cccc3sc4ccccc4c23)cc1. The fourth-order valence-electron chi connectivity index (χ4n) is 5.89. The van der Waals surface area contributed by atoms with Crippen LogP contribution in [-0.4, -0.2) is 0 Å². The molecule has 2 heteroatoms. The molecular formula is C36H23NS. The fraction of sp³-hybridized carbons (Fsp3) is 0. The first-order chi connectivity index (χ1) is 18.8. The van der Waals surface area contributed by atoms with Crippen LogP contribution in [0.5, 0.6) is 0 Å². The van der Waals surface area contributed by atoms with E-state index in [0.29, 0.717) is 0 Å². The second-order valence-electron chi connectivity index (χ2n) is 9.77. The van der Waals surface area contributed by atoms with E-state index in [1.54, 1.807) is 0 Å². The van der Waals surface area contributed by atoms with E-state index in [0.717, 1.165) is 11.4 Å². The third-order valence-corrected chi connectivity index (χ3v) is 8.76. The van der Waals surface area contributed by atoms with Crippen molar-refractivity contribution in [3.05, 3.63) is 140 Å². The zero-order valence-corrected chi connectivity index (χ0v) is 21.5. The Hall–Kier alpha value is -4.66. The third-order valence-electron chi connectivity index (χ3n) is 7.62. The van der Waals surface area contributed by atoms with Crippen LogP contribution in [-0.2, 0) is 0 Å². The Bertz CT molecular complexity index is 2140. The maximum atomic E-state index is 2.42. The molecule has 8 aromatic rings. The number of anilines is 3. The first-order valence-electron chi connectivity index (χ1n) is 12.9. The number of benzene rings is 7. The summed E-state index contributed by atoms with van der Waals surface area (Å²) in [5, 5.41) is 10.3. The van der Waals surface area contributed by atoms with Crippen LogP contribution in [0.2, 0.25) is 0 Å². The number of para-hydroxylation sites is 1. The molecule has 178 valence electrons. The molecule has 0 aliphatic carbocycles. The van der Waals surface area contributed by atoms with Crippen LogP contribution < -0.4 is 4.90 Å². The predicted octanol–water partition coefficient (Wildman–Crippen LogP) is 11.0. The Kier molecular flexibility index (Phi) is 4.76.